The fraction of sp³-hybridized carbons (Fsp3) is 0.393. The number of likely N-dealkylation sites (tertiary alicyclic amines) is 2. The van der Waals surface area contributed by atoms with Gasteiger partial charge in [0, 0.05) is 63.1 Å². The first-order chi connectivity index (χ1) is 33.2. The normalized spacial score (nSPS) is 19.2. The molecule has 0 bridgehead atoms. The molecule has 2 unspecified atom stereocenters. The average Bonchev–Trinajstić information content (AvgIpc) is 3.37. The van der Waals surface area contributed by atoms with Crippen LogP contribution in [0.25, 0.3) is 11.1 Å². The highest BCUT2D eigenvalue weighted by atomic mass is 16.2. The Morgan fingerprint density at radius 2 is 1.44 bits per heavy atom. The van der Waals surface area contributed by atoms with Gasteiger partial charge < -0.3 is 25.3 Å². The van der Waals surface area contributed by atoms with Crippen molar-refractivity contribution in [3.05, 3.63) is 149 Å². The van der Waals surface area contributed by atoms with E-state index in [-0.39, 0.29) is 29.5 Å². The smallest absolute Gasteiger partial charge is 0.247 e. The van der Waals surface area contributed by atoms with Crippen LogP contribution >= 0.6 is 0 Å². The van der Waals surface area contributed by atoms with E-state index in [1.54, 1.807) is 18.3 Å². The van der Waals surface area contributed by atoms with Gasteiger partial charge in [0.25, 0.3) is 0 Å². The predicted molar refractivity (Wildman–Crippen MR) is 264 cm³/mol. The Balaban J connectivity index is 0.685. The number of anilines is 2. The Hall–Kier alpha value is -6.68. The van der Waals surface area contributed by atoms with E-state index in [4.69, 9.17) is 5.26 Å². The van der Waals surface area contributed by atoms with Crippen LogP contribution in [0.2, 0.25) is 0 Å². The molecule has 5 heterocycles. The molecular weight excluding hydrogens is 849 g/mol. The summed E-state index contributed by atoms with van der Waals surface area (Å²) in [6.07, 6.45) is 10.8. The average molecular weight is 911 g/mol. The van der Waals surface area contributed by atoms with E-state index in [1.807, 2.05) is 78.9 Å². The van der Waals surface area contributed by atoms with Crippen molar-refractivity contribution >= 4 is 35.1 Å². The second-order valence-corrected chi connectivity index (χ2v) is 19.4. The molecule has 0 aliphatic carbocycles. The number of piperidine rings is 4. The van der Waals surface area contributed by atoms with Crippen molar-refractivity contribution < 1.29 is 19.2 Å². The molecule has 1 aromatic heterocycles. The molecule has 68 heavy (non-hydrogen) atoms. The maximum Gasteiger partial charge on any atom is 0.247 e. The zero-order chi connectivity index (χ0) is 46.9. The summed E-state index contributed by atoms with van der Waals surface area (Å²) < 4.78 is 0. The van der Waals surface area contributed by atoms with Gasteiger partial charge in [-0.2, -0.15) is 5.26 Å². The summed E-state index contributed by atoms with van der Waals surface area (Å²) in [6, 6.07) is 39.0. The highest BCUT2D eigenvalue weighted by Gasteiger charge is 2.39. The van der Waals surface area contributed by atoms with Crippen molar-refractivity contribution in [3.8, 4) is 17.2 Å². The van der Waals surface area contributed by atoms with Crippen molar-refractivity contribution in [2.45, 2.75) is 76.2 Å². The van der Waals surface area contributed by atoms with Gasteiger partial charge in [0.15, 0.2) is 0 Å². The number of amides is 4. The van der Waals surface area contributed by atoms with Gasteiger partial charge in [-0.25, -0.2) is 4.98 Å². The first-order valence-corrected chi connectivity index (χ1v) is 24.5. The number of hydrogen-bond donors (Lipinski definition) is 3. The van der Waals surface area contributed by atoms with Crippen molar-refractivity contribution in [1.29, 1.82) is 5.26 Å². The molecule has 3 N–H and O–H groups in total. The number of carbonyl (C=O) groups excluding carboxylic acids is 4. The van der Waals surface area contributed by atoms with E-state index in [2.05, 4.69) is 66.0 Å². The summed E-state index contributed by atoms with van der Waals surface area (Å²) >= 11 is 0. The Bertz CT molecular complexity index is 2550. The van der Waals surface area contributed by atoms with Gasteiger partial charge in [-0.3, -0.25) is 24.5 Å². The van der Waals surface area contributed by atoms with Crippen LogP contribution in [0, 0.1) is 22.7 Å². The number of rotatable bonds is 14. The summed E-state index contributed by atoms with van der Waals surface area (Å²) in [5.41, 5.74) is 8.01. The van der Waals surface area contributed by atoms with Crippen LogP contribution in [0.15, 0.2) is 121 Å². The molecule has 2 atom stereocenters. The third-order valence-electron chi connectivity index (χ3n) is 15.0. The zero-order valence-corrected chi connectivity index (χ0v) is 38.9. The van der Waals surface area contributed by atoms with Crippen LogP contribution < -0.4 is 20.9 Å². The minimum Gasteiger partial charge on any atom is -0.372 e. The van der Waals surface area contributed by atoms with Gasteiger partial charge in [-0.1, -0.05) is 78.9 Å². The van der Waals surface area contributed by atoms with Gasteiger partial charge in [-0.15, -0.1) is 0 Å². The van der Waals surface area contributed by atoms with E-state index in [0.29, 0.717) is 54.9 Å². The standard InChI is InChI=1S/C56H62N8O4/c57-37-42-8-6-40(7-9-42)22-29-58-53(46-4-2-1-3-5-46)55(68)60-50-20-16-47(38-59-50)44-12-10-41(11-13-44)36-52(66)64-34-27-56(28-35-64)25-32-62(33-26-56)39-43-23-30-63(31-24-43)48-17-14-45(15-18-48)49-19-21-51(65)61-54(49)67/h1-18,20,38,43,49,53,58H,19,21-36,39H2,(H,59,60,68)(H,61,65,67). The third kappa shape index (κ3) is 11.5. The molecule has 0 saturated carbocycles. The summed E-state index contributed by atoms with van der Waals surface area (Å²) in [5.74, 6) is 0.561. The van der Waals surface area contributed by atoms with Crippen molar-refractivity contribution in [3.63, 3.8) is 0 Å². The Morgan fingerprint density at radius 3 is 2.10 bits per heavy atom. The molecule has 12 heteroatoms. The Labute approximate surface area is 400 Å². The third-order valence-corrected chi connectivity index (χ3v) is 15.0. The topological polar surface area (TPSA) is 151 Å². The number of nitriles is 1. The number of imide groups is 1. The number of hydrogen-bond acceptors (Lipinski definition) is 9. The molecule has 1 spiro atoms. The fourth-order valence-electron chi connectivity index (χ4n) is 10.7. The SMILES string of the molecule is N#Cc1ccc(CCNC(C(=O)Nc2ccc(-c3ccc(CC(=O)N4CCC5(CCN(CC6CCN(c7ccc(C8CCC(=O)NC8=O)cc7)CC6)CC5)CC4)cc3)cn2)c2ccccc2)cc1. The minimum atomic E-state index is -0.572. The molecular formula is C56H62N8O4. The van der Waals surface area contributed by atoms with Crippen LogP contribution in [-0.4, -0.2) is 90.8 Å². The highest BCUT2D eigenvalue weighted by molar-refractivity contribution is 6.01. The van der Waals surface area contributed by atoms with E-state index >= 15 is 0 Å². The van der Waals surface area contributed by atoms with E-state index < -0.39 is 6.04 Å². The largest absolute Gasteiger partial charge is 0.372 e. The lowest BCUT2D eigenvalue weighted by Gasteiger charge is -2.47. The molecule has 0 radical (unpaired) electrons. The van der Waals surface area contributed by atoms with E-state index in [1.165, 1.54) is 37.9 Å². The quantitative estimate of drug-likeness (QED) is 0.0949. The first kappa shape index (κ1) is 46.4. The number of nitrogens with one attached hydrogen (secondary N) is 3. The van der Waals surface area contributed by atoms with Crippen molar-refractivity contribution in [1.82, 2.24) is 25.4 Å². The second-order valence-electron chi connectivity index (χ2n) is 19.4. The summed E-state index contributed by atoms with van der Waals surface area (Å²) in [4.78, 5) is 62.8. The van der Waals surface area contributed by atoms with E-state index in [0.717, 1.165) is 85.5 Å². The van der Waals surface area contributed by atoms with Crippen molar-refractivity contribution in [2.75, 3.05) is 62.6 Å². The van der Waals surface area contributed by atoms with Crippen LogP contribution in [0.5, 0.6) is 0 Å². The molecule has 4 saturated heterocycles. The lowest BCUT2D eigenvalue weighted by atomic mass is 9.71. The first-order valence-electron chi connectivity index (χ1n) is 24.5. The number of pyridine rings is 1. The molecule has 5 aromatic rings. The van der Waals surface area contributed by atoms with Gasteiger partial charge in [0.05, 0.1) is 24.0 Å². The monoisotopic (exact) mass is 910 g/mol. The summed E-state index contributed by atoms with van der Waals surface area (Å²) in [7, 11) is 0. The molecule has 4 aliphatic rings. The predicted octanol–water partition coefficient (Wildman–Crippen LogP) is 7.82. The van der Waals surface area contributed by atoms with Crippen LogP contribution in [0.3, 0.4) is 0 Å². The van der Waals surface area contributed by atoms with Crippen LogP contribution in [0.4, 0.5) is 11.5 Å². The lowest BCUT2D eigenvalue weighted by Crippen LogP contribution is -2.49. The Kier molecular flexibility index (Phi) is 14.7. The minimum absolute atomic E-state index is 0.177. The molecule has 9 rings (SSSR count). The Morgan fingerprint density at radius 1 is 0.765 bits per heavy atom. The van der Waals surface area contributed by atoms with Gasteiger partial charge in [-0.05, 0) is 140 Å². The maximum absolute atomic E-state index is 13.6. The van der Waals surface area contributed by atoms with E-state index in [9.17, 15) is 19.2 Å². The zero-order valence-electron chi connectivity index (χ0n) is 38.9. The number of benzene rings is 4. The molecule has 350 valence electrons. The van der Waals surface area contributed by atoms with Gasteiger partial charge in [0.1, 0.15) is 11.9 Å². The maximum atomic E-state index is 13.6. The molecule has 4 aromatic carbocycles. The van der Waals surface area contributed by atoms with Gasteiger partial charge >= 0.3 is 0 Å². The molecule has 4 fully saturated rings. The van der Waals surface area contributed by atoms with Crippen molar-refractivity contribution in [2.24, 2.45) is 11.3 Å². The molecule has 4 amide bonds. The number of aromatic nitrogens is 1. The van der Waals surface area contributed by atoms with Crippen LogP contribution in [0.1, 0.15) is 91.1 Å². The molecule has 12 nitrogen and oxygen atoms in total. The lowest BCUT2D eigenvalue weighted by molar-refractivity contribution is -0.135. The van der Waals surface area contributed by atoms with Gasteiger partial charge in [0.2, 0.25) is 23.6 Å². The highest BCUT2D eigenvalue weighted by Crippen LogP contribution is 2.42. The second kappa shape index (κ2) is 21.5. The fourth-order valence-corrected chi connectivity index (χ4v) is 10.7. The molecule has 4 aliphatic heterocycles. The van der Waals surface area contributed by atoms with Crippen LogP contribution in [-0.2, 0) is 32.0 Å². The summed E-state index contributed by atoms with van der Waals surface area (Å²) in [6.45, 7) is 7.78. The summed E-state index contributed by atoms with van der Waals surface area (Å²) in [5, 5.41) is 18.0. The number of carbonyl (C=O) groups is 4. The number of nitrogens with zero attached hydrogens (tertiary/aromatic N) is 5.